The fraction of sp³-hybridized carbons (Fsp3) is 0.421. The molecular formula is C19H23N3O. The van der Waals surface area contributed by atoms with Gasteiger partial charge in [0.1, 0.15) is 0 Å². The minimum absolute atomic E-state index is 0.153. The molecule has 1 fully saturated rings. The van der Waals surface area contributed by atoms with Gasteiger partial charge in [0.2, 0.25) is 0 Å². The summed E-state index contributed by atoms with van der Waals surface area (Å²) in [5.74, 6) is 0.153. The Morgan fingerprint density at radius 1 is 1.04 bits per heavy atom. The number of nitrogens with one attached hydrogen (secondary N) is 1. The van der Waals surface area contributed by atoms with E-state index in [9.17, 15) is 4.79 Å². The second-order valence-corrected chi connectivity index (χ2v) is 6.59. The van der Waals surface area contributed by atoms with Crippen LogP contribution in [-0.4, -0.2) is 52.9 Å². The zero-order valence-electron chi connectivity index (χ0n) is 13.4. The highest BCUT2D eigenvalue weighted by atomic mass is 16.2. The molecule has 1 amide bonds. The lowest BCUT2D eigenvalue weighted by Crippen LogP contribution is -2.53. The number of fused-ring (bicyclic) bond motifs is 1. The number of hydrogen-bond donors (Lipinski definition) is 1. The number of hydrogen-bond acceptors (Lipinski definition) is 2. The lowest BCUT2D eigenvalue weighted by Gasteiger charge is -2.41. The number of nitrogens with zero attached hydrogens (tertiary/aromatic N) is 2. The minimum Gasteiger partial charge on any atom is -0.367 e. The molecule has 2 heterocycles. The van der Waals surface area contributed by atoms with E-state index in [1.54, 1.807) is 6.20 Å². The van der Waals surface area contributed by atoms with Gasteiger partial charge in [0.25, 0.3) is 5.91 Å². The number of piperazine rings is 1. The Morgan fingerprint density at radius 2 is 1.83 bits per heavy atom. The molecule has 23 heavy (non-hydrogen) atoms. The van der Waals surface area contributed by atoms with Crippen molar-refractivity contribution in [3.63, 3.8) is 0 Å². The van der Waals surface area contributed by atoms with Gasteiger partial charge in [0, 0.05) is 44.6 Å². The van der Waals surface area contributed by atoms with Crippen LogP contribution in [0, 0.1) is 0 Å². The van der Waals surface area contributed by atoms with E-state index in [2.05, 4.69) is 34.1 Å². The van der Waals surface area contributed by atoms with E-state index in [4.69, 9.17) is 0 Å². The first-order chi connectivity index (χ1) is 11.3. The Bertz CT molecular complexity index is 672. The van der Waals surface area contributed by atoms with Crippen molar-refractivity contribution < 1.29 is 4.79 Å². The maximum Gasteiger partial charge on any atom is 0.255 e. The van der Waals surface area contributed by atoms with Gasteiger partial charge >= 0.3 is 0 Å². The van der Waals surface area contributed by atoms with Crippen molar-refractivity contribution >= 4 is 5.91 Å². The molecule has 0 spiro atoms. The number of carbonyl (C=O) groups is 1. The summed E-state index contributed by atoms with van der Waals surface area (Å²) in [4.78, 5) is 19.9. The van der Waals surface area contributed by atoms with Crippen molar-refractivity contribution in [1.82, 2.24) is 14.8 Å². The number of rotatable bonds is 2. The second kappa shape index (κ2) is 6.20. The van der Waals surface area contributed by atoms with E-state index in [1.165, 1.54) is 24.0 Å². The van der Waals surface area contributed by atoms with Crippen LogP contribution in [0.15, 0.2) is 42.7 Å². The molecule has 4 nitrogen and oxygen atoms in total. The molecule has 1 N–H and O–H groups in total. The predicted molar refractivity (Wildman–Crippen MR) is 90.5 cm³/mol. The molecule has 4 heteroatoms. The summed E-state index contributed by atoms with van der Waals surface area (Å²) in [6.45, 7) is 3.65. The first-order valence-corrected chi connectivity index (χ1v) is 8.54. The van der Waals surface area contributed by atoms with E-state index >= 15 is 0 Å². The molecule has 2 aliphatic rings. The van der Waals surface area contributed by atoms with Crippen molar-refractivity contribution in [2.75, 3.05) is 26.2 Å². The monoisotopic (exact) mass is 309 g/mol. The molecule has 0 radical (unpaired) electrons. The van der Waals surface area contributed by atoms with Gasteiger partial charge in [-0.25, -0.2) is 0 Å². The molecule has 1 atom stereocenters. The number of H-pyrrole nitrogens is 1. The second-order valence-electron chi connectivity index (χ2n) is 6.59. The Kier molecular flexibility index (Phi) is 3.92. The summed E-state index contributed by atoms with van der Waals surface area (Å²) in [7, 11) is 0. The topological polar surface area (TPSA) is 39.3 Å². The number of carbonyl (C=O) groups excluding carboxylic acids is 1. The first kappa shape index (κ1) is 14.5. The lowest BCUT2D eigenvalue weighted by molar-refractivity contribution is 0.0553. The third kappa shape index (κ3) is 2.91. The van der Waals surface area contributed by atoms with Crippen LogP contribution in [0.2, 0.25) is 0 Å². The van der Waals surface area contributed by atoms with Crippen molar-refractivity contribution in [3.8, 4) is 0 Å². The highest BCUT2D eigenvalue weighted by molar-refractivity contribution is 5.94. The van der Waals surface area contributed by atoms with Crippen LogP contribution in [0.5, 0.6) is 0 Å². The predicted octanol–water partition coefficient (Wildman–Crippen LogP) is 2.33. The highest BCUT2D eigenvalue weighted by Crippen LogP contribution is 2.25. The number of aromatic nitrogens is 1. The maximum atomic E-state index is 12.4. The fourth-order valence-electron chi connectivity index (χ4n) is 3.92. The van der Waals surface area contributed by atoms with E-state index in [-0.39, 0.29) is 5.91 Å². The molecule has 1 aliphatic heterocycles. The van der Waals surface area contributed by atoms with Gasteiger partial charge in [-0.1, -0.05) is 24.3 Å². The molecular weight excluding hydrogens is 286 g/mol. The SMILES string of the molecule is O=C(c1cc[nH]c1)N1CCN([C@@H]2CCc3ccccc3C2)CC1. The van der Waals surface area contributed by atoms with Gasteiger partial charge in [0.05, 0.1) is 5.56 Å². The molecule has 1 aromatic heterocycles. The maximum absolute atomic E-state index is 12.4. The highest BCUT2D eigenvalue weighted by Gasteiger charge is 2.28. The van der Waals surface area contributed by atoms with Crippen LogP contribution in [0.3, 0.4) is 0 Å². The average molecular weight is 309 g/mol. The average Bonchev–Trinajstić information content (AvgIpc) is 3.15. The van der Waals surface area contributed by atoms with E-state index in [0.717, 1.165) is 38.2 Å². The zero-order chi connectivity index (χ0) is 15.6. The number of aryl methyl sites for hydroxylation is 1. The Morgan fingerprint density at radius 3 is 2.57 bits per heavy atom. The van der Waals surface area contributed by atoms with Crippen LogP contribution < -0.4 is 0 Å². The quantitative estimate of drug-likeness (QED) is 0.925. The van der Waals surface area contributed by atoms with Crippen molar-refractivity contribution in [2.45, 2.75) is 25.3 Å². The van der Waals surface area contributed by atoms with Crippen LogP contribution in [-0.2, 0) is 12.8 Å². The van der Waals surface area contributed by atoms with Crippen LogP contribution >= 0.6 is 0 Å². The third-order valence-corrected chi connectivity index (χ3v) is 5.28. The smallest absolute Gasteiger partial charge is 0.255 e. The lowest BCUT2D eigenvalue weighted by atomic mass is 9.87. The van der Waals surface area contributed by atoms with E-state index < -0.39 is 0 Å². The standard InChI is InChI=1S/C19H23N3O/c23-19(17-7-8-20-14-17)22-11-9-21(10-12-22)18-6-5-15-3-1-2-4-16(15)13-18/h1-4,7-8,14,18,20H,5-6,9-13H2/t18-/m1/s1. The molecule has 1 aliphatic carbocycles. The zero-order valence-corrected chi connectivity index (χ0v) is 13.4. The minimum atomic E-state index is 0.153. The summed E-state index contributed by atoms with van der Waals surface area (Å²) < 4.78 is 0. The van der Waals surface area contributed by atoms with E-state index in [0.29, 0.717) is 6.04 Å². The number of aromatic amines is 1. The summed E-state index contributed by atoms with van der Waals surface area (Å²) >= 11 is 0. The van der Waals surface area contributed by atoms with Crippen molar-refractivity contribution in [2.24, 2.45) is 0 Å². The van der Waals surface area contributed by atoms with Crippen molar-refractivity contribution in [1.29, 1.82) is 0 Å². The largest absolute Gasteiger partial charge is 0.367 e. The van der Waals surface area contributed by atoms with E-state index in [1.807, 2.05) is 17.2 Å². The Balaban J connectivity index is 1.36. The van der Waals surface area contributed by atoms with Gasteiger partial charge in [-0.05, 0) is 36.5 Å². The van der Waals surface area contributed by atoms with Crippen LogP contribution in [0.1, 0.15) is 27.9 Å². The van der Waals surface area contributed by atoms with Gasteiger partial charge < -0.3 is 9.88 Å². The Labute approximate surface area is 137 Å². The van der Waals surface area contributed by atoms with Gasteiger partial charge in [-0.2, -0.15) is 0 Å². The molecule has 120 valence electrons. The van der Waals surface area contributed by atoms with Crippen molar-refractivity contribution in [3.05, 3.63) is 59.4 Å². The van der Waals surface area contributed by atoms with Gasteiger partial charge in [-0.15, -0.1) is 0 Å². The summed E-state index contributed by atoms with van der Waals surface area (Å²) in [6.07, 6.45) is 7.17. The molecule has 1 aromatic carbocycles. The van der Waals surface area contributed by atoms with Crippen LogP contribution in [0.4, 0.5) is 0 Å². The number of amides is 1. The molecule has 0 saturated carbocycles. The summed E-state index contributed by atoms with van der Waals surface area (Å²) in [6, 6.07) is 11.3. The first-order valence-electron chi connectivity index (χ1n) is 8.54. The molecule has 1 saturated heterocycles. The summed E-state index contributed by atoms with van der Waals surface area (Å²) in [5, 5.41) is 0. The molecule has 0 unspecified atom stereocenters. The number of benzene rings is 1. The molecule has 2 aromatic rings. The third-order valence-electron chi connectivity index (χ3n) is 5.28. The fourth-order valence-corrected chi connectivity index (χ4v) is 3.92. The normalized spacial score (nSPS) is 21.9. The van der Waals surface area contributed by atoms with Gasteiger partial charge in [-0.3, -0.25) is 9.69 Å². The Hall–Kier alpha value is -2.07. The summed E-state index contributed by atoms with van der Waals surface area (Å²) in [5.41, 5.74) is 3.80. The molecule has 4 rings (SSSR count). The molecule has 0 bridgehead atoms. The van der Waals surface area contributed by atoms with Gasteiger partial charge in [0.15, 0.2) is 0 Å². The van der Waals surface area contributed by atoms with Crippen LogP contribution in [0.25, 0.3) is 0 Å².